The van der Waals surface area contributed by atoms with Gasteiger partial charge in [0, 0.05) is 13.0 Å². The van der Waals surface area contributed by atoms with Gasteiger partial charge in [0.2, 0.25) is 0 Å². The third-order valence-corrected chi connectivity index (χ3v) is 2.39. The number of phenolic OH excluding ortho intramolecular Hbond substituents is 1. The average Bonchev–Trinajstić information content (AvgIpc) is 2.33. The van der Waals surface area contributed by atoms with Crippen molar-refractivity contribution in [2.75, 3.05) is 13.7 Å². The van der Waals surface area contributed by atoms with Crippen LogP contribution in [0.1, 0.15) is 23.2 Å². The summed E-state index contributed by atoms with van der Waals surface area (Å²) in [5, 5.41) is 12.0. The van der Waals surface area contributed by atoms with Crippen LogP contribution in [0.4, 0.5) is 13.2 Å². The van der Waals surface area contributed by atoms with Gasteiger partial charge in [0.25, 0.3) is 5.91 Å². The van der Waals surface area contributed by atoms with Crippen LogP contribution in [0.3, 0.4) is 0 Å². The first kappa shape index (κ1) is 15.1. The Kier molecular flexibility index (Phi) is 5.02. The molecule has 0 heterocycles. The fraction of sp³-hybridized carbons (Fsp3) is 0.417. The molecule has 1 rings (SSSR count). The van der Waals surface area contributed by atoms with Gasteiger partial charge in [0.1, 0.15) is 0 Å². The number of halogens is 3. The Morgan fingerprint density at radius 2 is 2.11 bits per heavy atom. The van der Waals surface area contributed by atoms with E-state index in [2.05, 4.69) is 5.32 Å². The molecular weight excluding hydrogens is 263 g/mol. The zero-order valence-corrected chi connectivity index (χ0v) is 10.3. The number of phenols is 1. The highest BCUT2D eigenvalue weighted by atomic mass is 19.4. The number of rotatable bonds is 5. The summed E-state index contributed by atoms with van der Waals surface area (Å²) < 4.78 is 40.5. The molecular formula is C12H14F3NO3. The van der Waals surface area contributed by atoms with Crippen molar-refractivity contribution in [2.45, 2.75) is 19.0 Å². The van der Waals surface area contributed by atoms with E-state index < -0.39 is 18.5 Å². The largest absolute Gasteiger partial charge is 0.504 e. The Morgan fingerprint density at radius 1 is 1.42 bits per heavy atom. The second-order valence-electron chi connectivity index (χ2n) is 3.83. The molecule has 1 amide bonds. The number of carbonyl (C=O) groups excluding carboxylic acids is 1. The van der Waals surface area contributed by atoms with Crippen LogP contribution in [0.25, 0.3) is 0 Å². The summed E-state index contributed by atoms with van der Waals surface area (Å²) >= 11 is 0. The van der Waals surface area contributed by atoms with E-state index in [1.807, 2.05) is 0 Å². The maximum atomic E-state index is 11.9. The minimum Gasteiger partial charge on any atom is -0.504 e. The summed E-state index contributed by atoms with van der Waals surface area (Å²) in [7, 11) is 1.33. The second kappa shape index (κ2) is 6.31. The summed E-state index contributed by atoms with van der Waals surface area (Å²) in [5.74, 6) is -0.847. The lowest BCUT2D eigenvalue weighted by Gasteiger charge is -2.10. The number of methoxy groups -OCH3 is 1. The summed E-state index contributed by atoms with van der Waals surface area (Å²) in [6, 6.07) is 4.33. The minimum atomic E-state index is -4.23. The van der Waals surface area contributed by atoms with E-state index in [9.17, 15) is 23.1 Å². The van der Waals surface area contributed by atoms with Gasteiger partial charge in [-0.05, 0) is 18.6 Å². The number of nitrogens with one attached hydrogen (secondary N) is 1. The van der Waals surface area contributed by atoms with E-state index in [0.29, 0.717) is 0 Å². The van der Waals surface area contributed by atoms with E-state index in [-0.39, 0.29) is 30.0 Å². The van der Waals surface area contributed by atoms with Crippen LogP contribution in [-0.2, 0) is 0 Å². The zero-order chi connectivity index (χ0) is 14.5. The molecule has 0 bridgehead atoms. The van der Waals surface area contributed by atoms with Crippen LogP contribution >= 0.6 is 0 Å². The van der Waals surface area contributed by atoms with Crippen LogP contribution < -0.4 is 10.1 Å². The van der Waals surface area contributed by atoms with Gasteiger partial charge in [0.15, 0.2) is 11.5 Å². The summed E-state index contributed by atoms with van der Waals surface area (Å²) in [4.78, 5) is 11.7. The van der Waals surface area contributed by atoms with Gasteiger partial charge in [-0.1, -0.05) is 6.07 Å². The first-order chi connectivity index (χ1) is 8.85. The van der Waals surface area contributed by atoms with E-state index in [0.717, 1.165) is 0 Å². The Bertz CT molecular complexity index is 446. The van der Waals surface area contributed by atoms with Crippen LogP contribution in [0, 0.1) is 0 Å². The molecule has 2 N–H and O–H groups in total. The van der Waals surface area contributed by atoms with Gasteiger partial charge in [-0.15, -0.1) is 0 Å². The Morgan fingerprint density at radius 3 is 2.68 bits per heavy atom. The van der Waals surface area contributed by atoms with Crippen molar-refractivity contribution < 1.29 is 27.8 Å². The molecule has 0 unspecified atom stereocenters. The van der Waals surface area contributed by atoms with Crippen LogP contribution in [0.5, 0.6) is 11.5 Å². The molecule has 106 valence electrons. The molecule has 0 aliphatic rings. The lowest BCUT2D eigenvalue weighted by molar-refractivity contribution is -0.135. The monoisotopic (exact) mass is 277 g/mol. The van der Waals surface area contributed by atoms with Gasteiger partial charge in [0.05, 0.1) is 12.7 Å². The summed E-state index contributed by atoms with van der Waals surface area (Å²) in [5.41, 5.74) is -0.0358. The topological polar surface area (TPSA) is 58.6 Å². The van der Waals surface area contributed by atoms with Crippen molar-refractivity contribution in [2.24, 2.45) is 0 Å². The molecule has 0 radical (unpaired) electrons. The Hall–Kier alpha value is -1.92. The molecule has 19 heavy (non-hydrogen) atoms. The highest BCUT2D eigenvalue weighted by molar-refractivity contribution is 5.97. The predicted molar refractivity (Wildman–Crippen MR) is 62.3 cm³/mol. The minimum absolute atomic E-state index is 0.0358. The third kappa shape index (κ3) is 4.69. The van der Waals surface area contributed by atoms with Crippen molar-refractivity contribution >= 4 is 5.91 Å². The van der Waals surface area contributed by atoms with Gasteiger partial charge < -0.3 is 15.2 Å². The highest BCUT2D eigenvalue weighted by Gasteiger charge is 2.26. The maximum Gasteiger partial charge on any atom is 0.389 e. The third-order valence-electron chi connectivity index (χ3n) is 2.39. The second-order valence-corrected chi connectivity index (χ2v) is 3.83. The number of carbonyl (C=O) groups is 1. The molecule has 0 aliphatic heterocycles. The molecule has 0 saturated carbocycles. The van der Waals surface area contributed by atoms with Crippen molar-refractivity contribution in [3.63, 3.8) is 0 Å². The Balaban J connectivity index is 2.55. The quantitative estimate of drug-likeness (QED) is 0.813. The summed E-state index contributed by atoms with van der Waals surface area (Å²) in [6.07, 6.45) is -5.40. The van der Waals surface area contributed by atoms with Crippen molar-refractivity contribution in [1.82, 2.24) is 5.32 Å². The molecule has 1 aromatic carbocycles. The zero-order valence-electron chi connectivity index (χ0n) is 10.3. The lowest BCUT2D eigenvalue weighted by atomic mass is 10.1. The van der Waals surface area contributed by atoms with Gasteiger partial charge in [-0.25, -0.2) is 0 Å². The van der Waals surface area contributed by atoms with Gasteiger partial charge >= 0.3 is 6.18 Å². The molecule has 0 fully saturated rings. The van der Waals surface area contributed by atoms with E-state index >= 15 is 0 Å². The van der Waals surface area contributed by atoms with E-state index in [1.54, 1.807) is 0 Å². The Labute approximate surface area is 108 Å². The molecule has 0 aromatic heterocycles. The first-order valence-corrected chi connectivity index (χ1v) is 5.56. The molecule has 7 heteroatoms. The smallest absolute Gasteiger partial charge is 0.389 e. The number of amides is 1. The number of ether oxygens (including phenoxy) is 1. The van der Waals surface area contributed by atoms with Gasteiger partial charge in [-0.3, -0.25) is 4.79 Å². The number of alkyl halides is 3. The van der Waals surface area contributed by atoms with Crippen molar-refractivity contribution in [3.05, 3.63) is 23.8 Å². The number of para-hydroxylation sites is 1. The average molecular weight is 277 g/mol. The van der Waals surface area contributed by atoms with Gasteiger partial charge in [-0.2, -0.15) is 13.2 Å². The molecule has 0 aliphatic carbocycles. The normalized spacial score (nSPS) is 11.2. The molecule has 0 atom stereocenters. The van der Waals surface area contributed by atoms with Crippen LogP contribution in [0.15, 0.2) is 18.2 Å². The first-order valence-electron chi connectivity index (χ1n) is 5.56. The van der Waals surface area contributed by atoms with E-state index in [4.69, 9.17) is 4.74 Å². The standard InChI is InChI=1S/C12H14F3NO3/c1-19-9-5-2-4-8(10(9)17)11(18)16-7-3-6-12(13,14)15/h2,4-5,17H,3,6-7H2,1H3,(H,16,18). The SMILES string of the molecule is COc1cccc(C(=O)NCCCC(F)(F)F)c1O. The number of aromatic hydroxyl groups is 1. The van der Waals surface area contributed by atoms with Crippen LogP contribution in [0.2, 0.25) is 0 Å². The van der Waals surface area contributed by atoms with Crippen molar-refractivity contribution in [1.29, 1.82) is 0 Å². The lowest BCUT2D eigenvalue weighted by Crippen LogP contribution is -2.25. The number of benzene rings is 1. The molecule has 4 nitrogen and oxygen atoms in total. The number of hydrogen-bond donors (Lipinski definition) is 2. The summed E-state index contributed by atoms with van der Waals surface area (Å²) in [6.45, 7) is -0.116. The fourth-order valence-corrected chi connectivity index (χ4v) is 1.46. The maximum absolute atomic E-state index is 11.9. The number of hydrogen-bond acceptors (Lipinski definition) is 3. The molecule has 0 saturated heterocycles. The predicted octanol–water partition coefficient (Wildman–Crippen LogP) is 2.47. The van der Waals surface area contributed by atoms with Crippen molar-refractivity contribution in [3.8, 4) is 11.5 Å². The van der Waals surface area contributed by atoms with Crippen LogP contribution in [-0.4, -0.2) is 30.8 Å². The molecule has 1 aromatic rings. The van der Waals surface area contributed by atoms with E-state index in [1.165, 1.54) is 25.3 Å². The molecule has 0 spiro atoms. The fourth-order valence-electron chi connectivity index (χ4n) is 1.46. The highest BCUT2D eigenvalue weighted by Crippen LogP contribution is 2.29.